The van der Waals surface area contributed by atoms with Crippen molar-refractivity contribution < 1.29 is 30.0 Å². The fourth-order valence-corrected chi connectivity index (χ4v) is 7.04. The molecule has 0 bridgehead atoms. The summed E-state index contributed by atoms with van der Waals surface area (Å²) in [6.07, 6.45) is 4.97. The van der Waals surface area contributed by atoms with Crippen LogP contribution in [0, 0.1) is 28.6 Å². The largest absolute Gasteiger partial charge is 0.481 e. The number of allylic oxidation sites excluding steroid dienone is 2. The van der Waals surface area contributed by atoms with Crippen LogP contribution in [-0.4, -0.2) is 44.1 Å². The van der Waals surface area contributed by atoms with Crippen LogP contribution in [-0.2, 0) is 9.59 Å². The van der Waals surface area contributed by atoms with E-state index in [2.05, 4.69) is 0 Å². The molecule has 4 N–H and O–H groups in total. The van der Waals surface area contributed by atoms with Crippen LogP contribution in [0.3, 0.4) is 0 Å². The molecule has 0 aromatic rings. The zero-order valence-electron chi connectivity index (χ0n) is 15.1. The third-order valence-electron chi connectivity index (χ3n) is 8.32. The van der Waals surface area contributed by atoms with Gasteiger partial charge in [-0.2, -0.15) is 0 Å². The highest BCUT2D eigenvalue weighted by Gasteiger charge is 2.68. The minimum Gasteiger partial charge on any atom is -0.481 e. The number of carboxylic acid groups (broad SMARTS) is 2. The Morgan fingerprint density at radius 2 is 1.85 bits per heavy atom. The van der Waals surface area contributed by atoms with Gasteiger partial charge in [0, 0.05) is 11.8 Å². The van der Waals surface area contributed by atoms with E-state index in [1.54, 1.807) is 0 Å². The maximum atomic E-state index is 12.5. The summed E-state index contributed by atoms with van der Waals surface area (Å²) in [4.78, 5) is 24.2. The Labute approximate surface area is 152 Å². The van der Waals surface area contributed by atoms with Crippen LogP contribution >= 0.6 is 0 Å². The number of hydrogen-bond acceptors (Lipinski definition) is 4. The quantitative estimate of drug-likeness (QED) is 0.558. The predicted octanol–water partition coefficient (Wildman–Crippen LogP) is 2.19. The van der Waals surface area contributed by atoms with Crippen molar-refractivity contribution in [2.45, 2.75) is 70.0 Å². The van der Waals surface area contributed by atoms with E-state index in [1.807, 2.05) is 13.0 Å². The van der Waals surface area contributed by atoms with Gasteiger partial charge in [0.1, 0.15) is 0 Å². The van der Waals surface area contributed by atoms with Crippen molar-refractivity contribution in [3.05, 3.63) is 11.6 Å². The summed E-state index contributed by atoms with van der Waals surface area (Å²) in [5.41, 5.74) is -1.92. The highest BCUT2D eigenvalue weighted by atomic mass is 16.4. The second-order valence-corrected chi connectivity index (χ2v) is 9.20. The second kappa shape index (κ2) is 5.55. The van der Waals surface area contributed by atoms with Crippen molar-refractivity contribution in [3.63, 3.8) is 0 Å². The number of aliphatic hydroxyl groups is 2. The number of aliphatic carboxylic acids is 2. The first-order valence-corrected chi connectivity index (χ1v) is 9.73. The molecular weight excluding hydrogens is 336 g/mol. The monoisotopic (exact) mass is 364 g/mol. The predicted molar refractivity (Wildman–Crippen MR) is 92.3 cm³/mol. The highest BCUT2D eigenvalue weighted by Crippen LogP contribution is 2.67. The molecule has 3 saturated carbocycles. The van der Waals surface area contributed by atoms with E-state index < -0.39 is 40.4 Å². The van der Waals surface area contributed by atoms with Gasteiger partial charge in [0.05, 0.1) is 23.0 Å². The zero-order chi connectivity index (χ0) is 18.9. The molecule has 4 aliphatic carbocycles. The molecule has 4 rings (SSSR count). The molecule has 6 heteroatoms. The molecule has 0 radical (unpaired) electrons. The van der Waals surface area contributed by atoms with E-state index in [9.17, 15) is 30.0 Å². The summed E-state index contributed by atoms with van der Waals surface area (Å²) in [6.45, 7) is 2.01. The third kappa shape index (κ3) is 2.06. The Morgan fingerprint density at radius 1 is 1.12 bits per heavy atom. The SMILES string of the molecule is C[C@]12CC[C@@H]3[C@H](CC[C@]4(O)C[C@H](O)CC[C@@]34C(=O)O)C1=CC[C@H]2C(=O)O. The van der Waals surface area contributed by atoms with Crippen molar-refractivity contribution in [2.24, 2.45) is 28.6 Å². The van der Waals surface area contributed by atoms with Crippen molar-refractivity contribution >= 4 is 11.9 Å². The smallest absolute Gasteiger partial charge is 0.312 e. The van der Waals surface area contributed by atoms with Crippen LogP contribution in [0.1, 0.15) is 58.3 Å². The first-order valence-electron chi connectivity index (χ1n) is 9.73. The Hall–Kier alpha value is -1.40. The molecule has 26 heavy (non-hydrogen) atoms. The third-order valence-corrected chi connectivity index (χ3v) is 8.32. The lowest BCUT2D eigenvalue weighted by molar-refractivity contribution is -0.223. The molecule has 0 heterocycles. The summed E-state index contributed by atoms with van der Waals surface area (Å²) in [6, 6.07) is 0. The molecular formula is C20H28O6. The van der Waals surface area contributed by atoms with Gasteiger partial charge < -0.3 is 20.4 Å². The average Bonchev–Trinajstić information content (AvgIpc) is 2.91. The molecule has 0 spiro atoms. The Morgan fingerprint density at radius 3 is 2.50 bits per heavy atom. The van der Waals surface area contributed by atoms with E-state index in [4.69, 9.17) is 0 Å². The summed E-state index contributed by atoms with van der Waals surface area (Å²) >= 11 is 0. The van der Waals surface area contributed by atoms with Crippen LogP contribution in [0.25, 0.3) is 0 Å². The normalized spacial score (nSPS) is 50.2. The lowest BCUT2D eigenvalue weighted by atomic mass is 9.43. The van der Waals surface area contributed by atoms with E-state index in [1.165, 1.54) is 0 Å². The highest BCUT2D eigenvalue weighted by molar-refractivity contribution is 5.78. The van der Waals surface area contributed by atoms with E-state index in [0.29, 0.717) is 38.5 Å². The fraction of sp³-hybridized carbons (Fsp3) is 0.800. The van der Waals surface area contributed by atoms with Gasteiger partial charge in [0.2, 0.25) is 0 Å². The van der Waals surface area contributed by atoms with E-state index in [0.717, 1.165) is 5.57 Å². The zero-order valence-corrected chi connectivity index (χ0v) is 15.1. The molecule has 0 saturated heterocycles. The Kier molecular flexibility index (Phi) is 3.84. The van der Waals surface area contributed by atoms with Crippen molar-refractivity contribution in [3.8, 4) is 0 Å². The number of aliphatic hydroxyl groups excluding tert-OH is 1. The van der Waals surface area contributed by atoms with E-state index >= 15 is 0 Å². The number of carboxylic acids is 2. The fourth-order valence-electron chi connectivity index (χ4n) is 7.04. The molecule has 0 unspecified atom stereocenters. The minimum absolute atomic E-state index is 0.0183. The van der Waals surface area contributed by atoms with Crippen molar-refractivity contribution in [1.82, 2.24) is 0 Å². The molecule has 0 aromatic heterocycles. The molecule has 0 aromatic carbocycles. The molecule has 7 atom stereocenters. The summed E-state index contributed by atoms with van der Waals surface area (Å²) in [5, 5.41) is 41.2. The van der Waals surface area contributed by atoms with Crippen LogP contribution < -0.4 is 0 Å². The lowest BCUT2D eigenvalue weighted by Crippen LogP contribution is -2.66. The summed E-state index contributed by atoms with van der Waals surface area (Å²) in [5.74, 6) is -2.35. The maximum Gasteiger partial charge on any atom is 0.312 e. The number of rotatable bonds is 2. The summed E-state index contributed by atoms with van der Waals surface area (Å²) in [7, 11) is 0. The number of carbonyl (C=O) groups is 2. The second-order valence-electron chi connectivity index (χ2n) is 9.20. The molecule has 6 nitrogen and oxygen atoms in total. The van der Waals surface area contributed by atoms with Crippen LogP contribution in [0.15, 0.2) is 11.6 Å². The van der Waals surface area contributed by atoms with Gasteiger partial charge in [-0.1, -0.05) is 18.6 Å². The van der Waals surface area contributed by atoms with E-state index in [-0.39, 0.29) is 24.7 Å². The number of hydrogen-bond donors (Lipinski definition) is 4. The molecule has 0 aliphatic heterocycles. The van der Waals surface area contributed by atoms with Gasteiger partial charge in [-0.25, -0.2) is 0 Å². The topological polar surface area (TPSA) is 115 Å². The Balaban J connectivity index is 1.75. The number of fused-ring (bicyclic) bond motifs is 5. The van der Waals surface area contributed by atoms with Gasteiger partial charge in [-0.15, -0.1) is 0 Å². The van der Waals surface area contributed by atoms with Crippen molar-refractivity contribution in [1.29, 1.82) is 0 Å². The van der Waals surface area contributed by atoms with Gasteiger partial charge >= 0.3 is 11.9 Å². The molecule has 0 amide bonds. The average molecular weight is 364 g/mol. The van der Waals surface area contributed by atoms with Gasteiger partial charge in [0.25, 0.3) is 0 Å². The van der Waals surface area contributed by atoms with Crippen molar-refractivity contribution in [2.75, 3.05) is 0 Å². The molecule has 3 fully saturated rings. The van der Waals surface area contributed by atoms with Crippen LogP contribution in [0.4, 0.5) is 0 Å². The van der Waals surface area contributed by atoms with Gasteiger partial charge in [-0.3, -0.25) is 9.59 Å². The van der Waals surface area contributed by atoms with Gasteiger partial charge in [0.15, 0.2) is 0 Å². The molecule has 4 aliphatic rings. The standard InChI is InChI=1S/C20H28O6/c1-18-7-6-14-12(13(18)2-3-15(18)16(22)23)5-8-19(26)10-11(21)4-9-20(14,19)17(24)25/h2,11-12,14-15,21,26H,3-10H2,1H3,(H,22,23)(H,24,25)/t11-,12-,14-,15+,18+,19+,20+/m1/s1. The first kappa shape index (κ1) is 18.0. The molecule has 144 valence electrons. The first-order chi connectivity index (χ1) is 12.2. The summed E-state index contributed by atoms with van der Waals surface area (Å²) < 4.78 is 0. The maximum absolute atomic E-state index is 12.5. The van der Waals surface area contributed by atoms with Gasteiger partial charge in [-0.05, 0) is 56.8 Å². The van der Waals surface area contributed by atoms with Crippen LogP contribution in [0.5, 0.6) is 0 Å². The lowest BCUT2D eigenvalue weighted by Gasteiger charge is -2.61. The Bertz CT molecular complexity index is 686. The van der Waals surface area contributed by atoms with Crippen LogP contribution in [0.2, 0.25) is 0 Å². The minimum atomic E-state index is -1.38.